The molecule has 1 aromatic carbocycles. The summed E-state index contributed by atoms with van der Waals surface area (Å²) in [5.41, 5.74) is 5.44. The van der Waals surface area contributed by atoms with Gasteiger partial charge in [-0.1, -0.05) is 6.07 Å². The number of benzene rings is 1. The number of nitrogens with two attached hydrogens (primary N) is 1. The van der Waals surface area contributed by atoms with Gasteiger partial charge >= 0.3 is 5.97 Å². The zero-order valence-corrected chi connectivity index (χ0v) is 7.65. The number of phenolic OH excluding ortho intramolecular Hbond substituents is 2. The van der Waals surface area contributed by atoms with Crippen molar-refractivity contribution >= 4 is 5.97 Å². The third-order valence-corrected chi connectivity index (χ3v) is 1.85. The Bertz CT molecular complexity index is 362. The van der Waals surface area contributed by atoms with Gasteiger partial charge in [-0.25, -0.2) is 4.79 Å². The molecule has 0 aliphatic heterocycles. The van der Waals surface area contributed by atoms with Crippen LogP contribution < -0.4 is 5.73 Å². The molecule has 14 heavy (non-hydrogen) atoms. The quantitative estimate of drug-likeness (QED) is 0.594. The van der Waals surface area contributed by atoms with Crippen molar-refractivity contribution in [1.82, 2.24) is 0 Å². The van der Waals surface area contributed by atoms with E-state index < -0.39 is 5.97 Å². The van der Waals surface area contributed by atoms with Crippen LogP contribution in [0.3, 0.4) is 0 Å². The highest BCUT2D eigenvalue weighted by atomic mass is 16.5. The zero-order valence-electron chi connectivity index (χ0n) is 7.65. The van der Waals surface area contributed by atoms with E-state index in [2.05, 4.69) is 4.74 Å². The lowest BCUT2D eigenvalue weighted by molar-refractivity contribution is 0.0594. The maximum atomic E-state index is 11.1. The number of ether oxygens (including phenoxy) is 1. The Balaban J connectivity index is 3.32. The van der Waals surface area contributed by atoms with Crippen molar-refractivity contribution < 1.29 is 19.7 Å². The first-order valence-corrected chi connectivity index (χ1v) is 3.94. The van der Waals surface area contributed by atoms with Crippen LogP contribution in [0, 0.1) is 0 Å². The van der Waals surface area contributed by atoms with Crippen molar-refractivity contribution in [2.75, 3.05) is 7.11 Å². The molecular formula is C9H11NO4. The SMILES string of the molecule is COC(=O)c1c(O)ccc(CN)c1O. The molecule has 5 heteroatoms. The van der Waals surface area contributed by atoms with Crippen LogP contribution in [0.15, 0.2) is 12.1 Å². The summed E-state index contributed by atoms with van der Waals surface area (Å²) in [6.07, 6.45) is 0. The van der Waals surface area contributed by atoms with Crippen LogP contribution >= 0.6 is 0 Å². The molecule has 0 aliphatic rings. The summed E-state index contributed by atoms with van der Waals surface area (Å²) in [4.78, 5) is 11.1. The van der Waals surface area contributed by atoms with Gasteiger partial charge in [0.25, 0.3) is 0 Å². The number of carbonyl (C=O) groups excluding carboxylic acids is 1. The Hall–Kier alpha value is -1.75. The van der Waals surface area contributed by atoms with Gasteiger partial charge in [0, 0.05) is 12.1 Å². The van der Waals surface area contributed by atoms with Crippen LogP contribution in [0.5, 0.6) is 11.5 Å². The van der Waals surface area contributed by atoms with Gasteiger partial charge in [-0.05, 0) is 6.07 Å². The Labute approximate surface area is 80.7 Å². The van der Waals surface area contributed by atoms with Gasteiger partial charge in [-0.15, -0.1) is 0 Å². The first-order chi connectivity index (χ1) is 6.61. The minimum absolute atomic E-state index is 0.0795. The van der Waals surface area contributed by atoms with Crippen LogP contribution in [0.25, 0.3) is 0 Å². The lowest BCUT2D eigenvalue weighted by atomic mass is 10.1. The summed E-state index contributed by atoms with van der Waals surface area (Å²) in [6, 6.07) is 2.73. The number of carbonyl (C=O) groups is 1. The minimum atomic E-state index is -0.796. The molecule has 0 bridgehead atoms. The molecule has 76 valence electrons. The first-order valence-electron chi connectivity index (χ1n) is 3.94. The third kappa shape index (κ3) is 1.62. The molecule has 0 spiro atoms. The standard InChI is InChI=1S/C9H11NO4/c1-14-9(13)7-6(11)3-2-5(4-10)8(7)12/h2-3,11-12H,4,10H2,1H3. The van der Waals surface area contributed by atoms with Crippen LogP contribution in [0.1, 0.15) is 15.9 Å². The molecule has 0 fully saturated rings. The molecule has 1 rings (SSSR count). The molecule has 0 atom stereocenters. The molecule has 0 radical (unpaired) electrons. The van der Waals surface area contributed by atoms with Gasteiger partial charge in [-0.2, -0.15) is 0 Å². The molecule has 0 amide bonds. The van der Waals surface area contributed by atoms with Crippen molar-refractivity contribution in [3.8, 4) is 11.5 Å². The topological polar surface area (TPSA) is 92.8 Å². The van der Waals surface area contributed by atoms with Gasteiger partial charge in [0.05, 0.1) is 7.11 Å². The normalized spacial score (nSPS) is 9.86. The van der Waals surface area contributed by atoms with E-state index in [-0.39, 0.29) is 23.6 Å². The second-order valence-corrected chi connectivity index (χ2v) is 2.66. The Kier molecular flexibility index (Phi) is 2.93. The van der Waals surface area contributed by atoms with Gasteiger partial charge in [0.2, 0.25) is 0 Å². The average molecular weight is 197 g/mol. The Morgan fingerprint density at radius 1 is 1.50 bits per heavy atom. The third-order valence-electron chi connectivity index (χ3n) is 1.85. The smallest absolute Gasteiger partial charge is 0.345 e. The molecule has 5 nitrogen and oxygen atoms in total. The molecule has 0 heterocycles. The van der Waals surface area contributed by atoms with Crippen LogP contribution in [0.2, 0.25) is 0 Å². The lowest BCUT2D eigenvalue weighted by Gasteiger charge is -2.08. The number of esters is 1. The highest BCUT2D eigenvalue weighted by Gasteiger charge is 2.19. The number of rotatable bonds is 2. The predicted molar refractivity (Wildman–Crippen MR) is 49.0 cm³/mol. The largest absolute Gasteiger partial charge is 0.507 e. The van der Waals surface area contributed by atoms with Crippen molar-refractivity contribution in [2.45, 2.75) is 6.54 Å². The Morgan fingerprint density at radius 3 is 2.64 bits per heavy atom. The van der Waals surface area contributed by atoms with Gasteiger partial charge in [0.15, 0.2) is 0 Å². The molecule has 0 unspecified atom stereocenters. The molecule has 1 aromatic rings. The maximum absolute atomic E-state index is 11.1. The summed E-state index contributed by atoms with van der Waals surface area (Å²) in [5.74, 6) is -1.46. The van der Waals surface area contributed by atoms with Gasteiger partial charge < -0.3 is 20.7 Å². The van der Waals surface area contributed by atoms with Crippen LogP contribution in [-0.2, 0) is 11.3 Å². The first kappa shape index (κ1) is 10.3. The van der Waals surface area contributed by atoms with E-state index in [0.717, 1.165) is 7.11 Å². The average Bonchev–Trinajstić information content (AvgIpc) is 2.18. The number of hydrogen-bond donors (Lipinski definition) is 3. The van der Waals surface area contributed by atoms with Crippen molar-refractivity contribution in [3.05, 3.63) is 23.3 Å². The molecule has 0 saturated heterocycles. The fourth-order valence-electron chi connectivity index (χ4n) is 1.09. The van der Waals surface area contributed by atoms with Crippen molar-refractivity contribution in [1.29, 1.82) is 0 Å². The summed E-state index contributed by atoms with van der Waals surface area (Å²) in [6.45, 7) is 0.0795. The number of hydrogen-bond acceptors (Lipinski definition) is 5. The molecule has 0 aliphatic carbocycles. The van der Waals surface area contributed by atoms with E-state index in [1.165, 1.54) is 12.1 Å². The second kappa shape index (κ2) is 3.97. The van der Waals surface area contributed by atoms with Crippen LogP contribution in [0.4, 0.5) is 0 Å². The number of aromatic hydroxyl groups is 2. The minimum Gasteiger partial charge on any atom is -0.507 e. The predicted octanol–water partition coefficient (Wildman–Crippen LogP) is 0.343. The fraction of sp³-hybridized carbons (Fsp3) is 0.222. The number of phenols is 2. The molecular weight excluding hydrogens is 186 g/mol. The van der Waals surface area contributed by atoms with Gasteiger partial charge in [0.1, 0.15) is 17.1 Å². The van der Waals surface area contributed by atoms with E-state index >= 15 is 0 Å². The second-order valence-electron chi connectivity index (χ2n) is 2.66. The lowest BCUT2D eigenvalue weighted by Crippen LogP contribution is -2.05. The van der Waals surface area contributed by atoms with Crippen molar-refractivity contribution in [2.24, 2.45) is 5.73 Å². The molecule has 0 aromatic heterocycles. The van der Waals surface area contributed by atoms with E-state index in [0.29, 0.717) is 5.56 Å². The maximum Gasteiger partial charge on any atom is 0.345 e. The zero-order chi connectivity index (χ0) is 10.7. The summed E-state index contributed by atoms with van der Waals surface area (Å²) < 4.78 is 4.40. The summed E-state index contributed by atoms with van der Waals surface area (Å²) in [5, 5.41) is 18.8. The molecule has 0 saturated carbocycles. The summed E-state index contributed by atoms with van der Waals surface area (Å²) in [7, 11) is 1.16. The van der Waals surface area contributed by atoms with Crippen LogP contribution in [-0.4, -0.2) is 23.3 Å². The van der Waals surface area contributed by atoms with E-state index in [4.69, 9.17) is 5.73 Å². The van der Waals surface area contributed by atoms with E-state index in [1.807, 2.05) is 0 Å². The highest BCUT2D eigenvalue weighted by molar-refractivity contribution is 5.95. The number of methoxy groups -OCH3 is 1. The monoisotopic (exact) mass is 197 g/mol. The van der Waals surface area contributed by atoms with Gasteiger partial charge in [-0.3, -0.25) is 0 Å². The van der Waals surface area contributed by atoms with Crippen molar-refractivity contribution in [3.63, 3.8) is 0 Å². The fourth-order valence-corrected chi connectivity index (χ4v) is 1.09. The Morgan fingerprint density at radius 2 is 2.14 bits per heavy atom. The van der Waals surface area contributed by atoms with E-state index in [1.54, 1.807) is 0 Å². The van der Waals surface area contributed by atoms with E-state index in [9.17, 15) is 15.0 Å². The highest BCUT2D eigenvalue weighted by Crippen LogP contribution is 2.30. The molecule has 4 N–H and O–H groups in total. The summed E-state index contributed by atoms with van der Waals surface area (Å²) >= 11 is 0.